The molecule has 2 aromatic rings. The zero-order valence-electron chi connectivity index (χ0n) is 17.6. The minimum absolute atomic E-state index is 0.0430. The van der Waals surface area contributed by atoms with Crippen molar-refractivity contribution in [2.24, 2.45) is 5.41 Å². The van der Waals surface area contributed by atoms with E-state index < -0.39 is 17.6 Å². The number of anilines is 1. The fourth-order valence-electron chi connectivity index (χ4n) is 3.04. The minimum atomic E-state index is -0.637. The average molecular weight is 415 g/mol. The number of Topliss-reactive ketones (excluding diaryl/α,β-unsaturated/α-hetero) is 1. The van der Waals surface area contributed by atoms with Crippen LogP contribution in [0.4, 0.5) is 10.5 Å². The van der Waals surface area contributed by atoms with E-state index in [1.54, 1.807) is 48.5 Å². The Morgan fingerprint density at radius 3 is 2.17 bits per heavy atom. The van der Waals surface area contributed by atoms with Crippen LogP contribution >= 0.6 is 0 Å². The van der Waals surface area contributed by atoms with Crippen LogP contribution in [0.5, 0.6) is 5.75 Å². The number of hydrogen-bond donors (Lipinski definition) is 3. The van der Waals surface area contributed by atoms with Crippen LogP contribution in [0, 0.1) is 5.41 Å². The van der Waals surface area contributed by atoms with Gasteiger partial charge in [-0.3, -0.25) is 10.1 Å². The van der Waals surface area contributed by atoms with Gasteiger partial charge in [-0.05, 0) is 55.3 Å². The highest BCUT2D eigenvalue weighted by Crippen LogP contribution is 2.40. The molecule has 0 saturated heterocycles. The number of ketones is 1. The molecule has 3 N–H and O–H groups in total. The number of carbonyl (C=O) groups is 2. The van der Waals surface area contributed by atoms with Crippen LogP contribution in [0.15, 0.2) is 48.5 Å². The molecule has 0 aliphatic rings. The number of rotatable bonds is 10. The molecule has 0 heterocycles. The molecule has 0 aliphatic heterocycles. The number of aliphatic hydroxyl groups is 2. The van der Waals surface area contributed by atoms with Crippen molar-refractivity contribution in [2.75, 3.05) is 25.1 Å². The van der Waals surface area contributed by atoms with Crippen LogP contribution in [-0.2, 0) is 4.74 Å². The number of benzene rings is 2. The second-order valence-electron chi connectivity index (χ2n) is 7.65. The Bertz CT molecular complexity index is 830. The molecule has 1 amide bonds. The van der Waals surface area contributed by atoms with Gasteiger partial charge in [0.05, 0.1) is 6.61 Å². The van der Waals surface area contributed by atoms with E-state index in [0.29, 0.717) is 23.4 Å². The predicted octanol–water partition coefficient (Wildman–Crippen LogP) is 3.96. The van der Waals surface area contributed by atoms with Crippen molar-refractivity contribution in [3.63, 3.8) is 0 Å². The Labute approximate surface area is 176 Å². The van der Waals surface area contributed by atoms with E-state index in [1.165, 1.54) is 6.92 Å². The molecule has 162 valence electrons. The molecule has 7 nitrogen and oxygen atoms in total. The first-order valence-electron chi connectivity index (χ1n) is 9.80. The van der Waals surface area contributed by atoms with Crippen molar-refractivity contribution >= 4 is 17.6 Å². The van der Waals surface area contributed by atoms with Crippen LogP contribution in [0.2, 0.25) is 0 Å². The summed E-state index contributed by atoms with van der Waals surface area (Å²) in [5.74, 6) is 0.544. The molecular formula is C23H29NO6. The molecule has 1 atom stereocenters. The van der Waals surface area contributed by atoms with Gasteiger partial charge in [-0.25, -0.2) is 4.79 Å². The van der Waals surface area contributed by atoms with Crippen LogP contribution < -0.4 is 10.1 Å². The molecule has 2 rings (SSSR count). The second-order valence-corrected chi connectivity index (χ2v) is 7.65. The van der Waals surface area contributed by atoms with Crippen molar-refractivity contribution in [3.8, 4) is 5.75 Å². The third-order valence-electron chi connectivity index (χ3n) is 4.77. The zero-order valence-corrected chi connectivity index (χ0v) is 17.6. The lowest BCUT2D eigenvalue weighted by atomic mass is 9.80. The number of amides is 1. The number of aliphatic hydroxyl groups excluding tert-OH is 2. The molecule has 0 fully saturated rings. The SMILES string of the molecule is CC(=O)c1ccc(NC(=O)O[C@H](c2ccc(OCCO)cc2)C(C)(C)CCO)cc1. The molecule has 0 bridgehead atoms. The molecule has 0 aliphatic carbocycles. The molecule has 2 aromatic carbocycles. The largest absolute Gasteiger partial charge is 0.491 e. The highest BCUT2D eigenvalue weighted by Gasteiger charge is 2.34. The molecule has 0 aromatic heterocycles. The van der Waals surface area contributed by atoms with Gasteiger partial charge >= 0.3 is 6.09 Å². The number of nitrogens with one attached hydrogen (secondary N) is 1. The van der Waals surface area contributed by atoms with Crippen molar-refractivity contribution in [1.82, 2.24) is 0 Å². The summed E-state index contributed by atoms with van der Waals surface area (Å²) in [4.78, 5) is 23.9. The summed E-state index contributed by atoms with van der Waals surface area (Å²) in [6.45, 7) is 5.38. The summed E-state index contributed by atoms with van der Waals surface area (Å²) in [5.41, 5.74) is 1.29. The van der Waals surface area contributed by atoms with Gasteiger partial charge in [-0.2, -0.15) is 0 Å². The van der Waals surface area contributed by atoms with E-state index in [1.807, 2.05) is 13.8 Å². The third kappa shape index (κ3) is 6.57. The van der Waals surface area contributed by atoms with Gasteiger partial charge in [0.1, 0.15) is 18.5 Å². The maximum Gasteiger partial charge on any atom is 0.412 e. The average Bonchev–Trinajstić information content (AvgIpc) is 2.71. The molecule has 0 radical (unpaired) electrons. The van der Waals surface area contributed by atoms with Gasteiger partial charge in [0.25, 0.3) is 0 Å². The molecule has 7 heteroatoms. The summed E-state index contributed by atoms with van der Waals surface area (Å²) in [5, 5.41) is 21.0. The first kappa shape index (κ1) is 23.4. The summed E-state index contributed by atoms with van der Waals surface area (Å²) >= 11 is 0. The maximum atomic E-state index is 12.6. The number of hydrogen-bond acceptors (Lipinski definition) is 6. The lowest BCUT2D eigenvalue weighted by Gasteiger charge is -2.33. The van der Waals surface area contributed by atoms with Crippen LogP contribution in [0.1, 0.15) is 49.2 Å². The standard InChI is InChI=1S/C23H29NO6/c1-16(27)17-4-8-19(9-5-17)24-22(28)30-21(23(2,3)12-13-25)18-6-10-20(11-7-18)29-15-14-26/h4-11,21,25-26H,12-15H2,1-3H3,(H,24,28)/t21-/m1/s1. The Kier molecular flexibility index (Phi) is 8.38. The predicted molar refractivity (Wildman–Crippen MR) is 114 cm³/mol. The Hall–Kier alpha value is -2.90. The van der Waals surface area contributed by atoms with Crippen LogP contribution in [0.3, 0.4) is 0 Å². The highest BCUT2D eigenvalue weighted by atomic mass is 16.6. The summed E-state index contributed by atoms with van der Waals surface area (Å²) in [7, 11) is 0. The van der Waals surface area contributed by atoms with Gasteiger partial charge in [0, 0.05) is 23.3 Å². The van der Waals surface area contributed by atoms with Gasteiger partial charge in [-0.15, -0.1) is 0 Å². The normalized spacial score (nSPS) is 12.2. The molecule has 0 spiro atoms. The molecule has 0 unspecified atom stereocenters. The Balaban J connectivity index is 2.16. The highest BCUT2D eigenvalue weighted by molar-refractivity contribution is 5.95. The van der Waals surface area contributed by atoms with Crippen molar-refractivity contribution in [1.29, 1.82) is 0 Å². The fourth-order valence-corrected chi connectivity index (χ4v) is 3.04. The quantitative estimate of drug-likeness (QED) is 0.507. The first-order valence-corrected chi connectivity index (χ1v) is 9.80. The van der Waals surface area contributed by atoms with Gasteiger partial charge in [0.2, 0.25) is 0 Å². The van der Waals surface area contributed by atoms with Crippen molar-refractivity contribution in [3.05, 3.63) is 59.7 Å². The molecule has 0 saturated carbocycles. The van der Waals surface area contributed by atoms with E-state index in [4.69, 9.17) is 14.6 Å². The van der Waals surface area contributed by atoms with E-state index in [2.05, 4.69) is 5.32 Å². The maximum absolute atomic E-state index is 12.6. The first-order chi connectivity index (χ1) is 14.3. The second kappa shape index (κ2) is 10.8. The van der Waals surface area contributed by atoms with Crippen molar-refractivity contribution in [2.45, 2.75) is 33.3 Å². The smallest absolute Gasteiger partial charge is 0.412 e. The van der Waals surface area contributed by atoms with E-state index in [-0.39, 0.29) is 25.6 Å². The van der Waals surface area contributed by atoms with Gasteiger partial charge in [-0.1, -0.05) is 26.0 Å². The van der Waals surface area contributed by atoms with E-state index in [9.17, 15) is 14.7 Å². The fraction of sp³-hybridized carbons (Fsp3) is 0.391. The molecule has 30 heavy (non-hydrogen) atoms. The summed E-state index contributed by atoms with van der Waals surface area (Å²) in [6.07, 6.45) is -0.823. The van der Waals surface area contributed by atoms with Crippen molar-refractivity contribution < 1.29 is 29.3 Å². The number of carbonyl (C=O) groups excluding carboxylic acids is 2. The van der Waals surface area contributed by atoms with Crippen LogP contribution in [0.25, 0.3) is 0 Å². The Morgan fingerprint density at radius 2 is 1.63 bits per heavy atom. The lowest BCUT2D eigenvalue weighted by molar-refractivity contribution is 0.0152. The van der Waals surface area contributed by atoms with E-state index in [0.717, 1.165) is 5.56 Å². The summed E-state index contributed by atoms with van der Waals surface area (Å²) < 4.78 is 11.1. The Morgan fingerprint density at radius 1 is 1.00 bits per heavy atom. The zero-order chi connectivity index (χ0) is 22.1. The van der Waals surface area contributed by atoms with E-state index >= 15 is 0 Å². The summed E-state index contributed by atoms with van der Waals surface area (Å²) in [6, 6.07) is 13.6. The minimum Gasteiger partial charge on any atom is -0.491 e. The lowest BCUT2D eigenvalue weighted by Crippen LogP contribution is -2.29. The monoisotopic (exact) mass is 415 g/mol. The van der Waals surface area contributed by atoms with Gasteiger partial charge < -0.3 is 19.7 Å². The topological polar surface area (TPSA) is 105 Å². The van der Waals surface area contributed by atoms with Gasteiger partial charge in [0.15, 0.2) is 5.78 Å². The third-order valence-corrected chi connectivity index (χ3v) is 4.77. The number of ether oxygens (including phenoxy) is 2. The van der Waals surface area contributed by atoms with Crippen LogP contribution in [-0.4, -0.2) is 41.9 Å². The molecular weight excluding hydrogens is 386 g/mol.